The lowest BCUT2D eigenvalue weighted by Gasteiger charge is -2.22. The van der Waals surface area contributed by atoms with E-state index in [2.05, 4.69) is 10.3 Å². The van der Waals surface area contributed by atoms with Crippen molar-refractivity contribution in [2.45, 2.75) is 18.9 Å². The molecule has 7 heteroatoms. The third kappa shape index (κ3) is 3.23. The van der Waals surface area contributed by atoms with Crippen LogP contribution >= 0.6 is 11.8 Å². The SMILES string of the molecule is Nc1cc([N+](=O)[O-])cc(NC2CCCSC2)n1. The Morgan fingerprint density at radius 2 is 2.41 bits per heavy atom. The number of pyridine rings is 1. The number of aromatic nitrogens is 1. The maximum Gasteiger partial charge on any atom is 0.276 e. The number of rotatable bonds is 3. The molecular weight excluding hydrogens is 240 g/mol. The van der Waals surface area contributed by atoms with Crippen molar-refractivity contribution >= 4 is 29.1 Å². The summed E-state index contributed by atoms with van der Waals surface area (Å²) in [6.45, 7) is 0. The van der Waals surface area contributed by atoms with Crippen molar-refractivity contribution in [3.05, 3.63) is 22.2 Å². The third-order valence-corrected chi connectivity index (χ3v) is 3.77. The summed E-state index contributed by atoms with van der Waals surface area (Å²) in [6, 6.07) is 3.01. The van der Waals surface area contributed by atoms with E-state index in [4.69, 9.17) is 5.73 Å². The normalized spacial score (nSPS) is 19.9. The van der Waals surface area contributed by atoms with E-state index >= 15 is 0 Å². The summed E-state index contributed by atoms with van der Waals surface area (Å²) in [5.74, 6) is 2.85. The van der Waals surface area contributed by atoms with Gasteiger partial charge in [0.15, 0.2) is 0 Å². The van der Waals surface area contributed by atoms with Crippen molar-refractivity contribution in [1.29, 1.82) is 0 Å². The van der Waals surface area contributed by atoms with E-state index in [1.165, 1.54) is 17.9 Å². The molecule has 6 nitrogen and oxygen atoms in total. The standard InChI is InChI=1S/C10H14N4O2S/c11-9-4-8(14(15)16)5-10(13-9)12-7-2-1-3-17-6-7/h4-5,7H,1-3,6H2,(H3,11,12,13). The highest BCUT2D eigenvalue weighted by molar-refractivity contribution is 7.99. The summed E-state index contributed by atoms with van der Waals surface area (Å²) in [7, 11) is 0. The van der Waals surface area contributed by atoms with E-state index in [1.54, 1.807) is 0 Å². The number of nitro groups is 1. The Labute approximate surface area is 103 Å². The molecule has 2 heterocycles. The lowest BCUT2D eigenvalue weighted by molar-refractivity contribution is -0.384. The van der Waals surface area contributed by atoms with Gasteiger partial charge in [-0.25, -0.2) is 4.98 Å². The zero-order chi connectivity index (χ0) is 12.3. The van der Waals surface area contributed by atoms with E-state index in [1.807, 2.05) is 11.8 Å². The molecule has 1 aromatic rings. The van der Waals surface area contributed by atoms with Gasteiger partial charge in [0, 0.05) is 11.8 Å². The molecular formula is C10H14N4O2S. The molecule has 1 aromatic heterocycles. The minimum atomic E-state index is -0.459. The van der Waals surface area contributed by atoms with Gasteiger partial charge in [-0.2, -0.15) is 11.8 Å². The Hall–Kier alpha value is -1.50. The van der Waals surface area contributed by atoms with Crippen LogP contribution in [0.1, 0.15) is 12.8 Å². The second kappa shape index (κ2) is 5.22. The van der Waals surface area contributed by atoms with Crippen molar-refractivity contribution in [3.8, 4) is 0 Å². The third-order valence-electron chi connectivity index (χ3n) is 2.55. The summed E-state index contributed by atoms with van der Waals surface area (Å²) >= 11 is 1.88. The predicted octanol–water partition coefficient (Wildman–Crippen LogP) is 1.88. The summed E-state index contributed by atoms with van der Waals surface area (Å²) in [5.41, 5.74) is 5.52. The zero-order valence-corrected chi connectivity index (χ0v) is 10.1. The Balaban J connectivity index is 2.11. The number of hydrogen-bond acceptors (Lipinski definition) is 6. The number of thioether (sulfide) groups is 1. The second-order valence-corrected chi connectivity index (χ2v) is 5.10. The van der Waals surface area contributed by atoms with E-state index in [-0.39, 0.29) is 11.5 Å². The molecule has 17 heavy (non-hydrogen) atoms. The minimum Gasteiger partial charge on any atom is -0.383 e. The van der Waals surface area contributed by atoms with E-state index in [9.17, 15) is 10.1 Å². The van der Waals surface area contributed by atoms with Crippen LogP contribution in [-0.2, 0) is 0 Å². The molecule has 0 saturated carbocycles. The fourth-order valence-corrected chi connectivity index (χ4v) is 2.85. The van der Waals surface area contributed by atoms with Gasteiger partial charge in [0.1, 0.15) is 11.6 Å². The van der Waals surface area contributed by atoms with Crippen LogP contribution < -0.4 is 11.1 Å². The summed E-state index contributed by atoms with van der Waals surface area (Å²) in [6.07, 6.45) is 2.23. The first kappa shape index (κ1) is 12.0. The molecule has 1 fully saturated rings. The highest BCUT2D eigenvalue weighted by Gasteiger charge is 2.16. The number of nitrogens with one attached hydrogen (secondary N) is 1. The molecule has 0 aliphatic carbocycles. The molecule has 0 amide bonds. The molecule has 3 N–H and O–H groups in total. The van der Waals surface area contributed by atoms with Gasteiger partial charge in [-0.1, -0.05) is 0 Å². The molecule has 0 radical (unpaired) electrons. The van der Waals surface area contributed by atoms with Crippen LogP contribution in [-0.4, -0.2) is 27.5 Å². The Bertz CT molecular complexity index is 421. The van der Waals surface area contributed by atoms with Crippen LogP contribution in [0.2, 0.25) is 0 Å². The van der Waals surface area contributed by atoms with Gasteiger partial charge < -0.3 is 11.1 Å². The van der Waals surface area contributed by atoms with Gasteiger partial charge in [-0.15, -0.1) is 0 Å². The van der Waals surface area contributed by atoms with Gasteiger partial charge >= 0.3 is 0 Å². The van der Waals surface area contributed by atoms with Gasteiger partial charge in [-0.05, 0) is 18.6 Å². The Morgan fingerprint density at radius 3 is 3.06 bits per heavy atom. The van der Waals surface area contributed by atoms with Crippen LogP contribution in [0.5, 0.6) is 0 Å². The topological polar surface area (TPSA) is 94.1 Å². The molecule has 0 bridgehead atoms. The fourth-order valence-electron chi connectivity index (χ4n) is 1.78. The minimum absolute atomic E-state index is 0.0246. The molecule has 1 saturated heterocycles. The maximum absolute atomic E-state index is 10.7. The maximum atomic E-state index is 10.7. The van der Waals surface area contributed by atoms with Crippen molar-refractivity contribution in [2.24, 2.45) is 0 Å². The first-order valence-electron chi connectivity index (χ1n) is 5.41. The lowest BCUT2D eigenvalue weighted by atomic mass is 10.2. The lowest BCUT2D eigenvalue weighted by Crippen LogP contribution is -2.26. The quantitative estimate of drug-likeness (QED) is 0.631. The first-order valence-corrected chi connectivity index (χ1v) is 6.57. The van der Waals surface area contributed by atoms with Crippen molar-refractivity contribution < 1.29 is 4.92 Å². The van der Waals surface area contributed by atoms with Crippen LogP contribution in [0.4, 0.5) is 17.3 Å². The molecule has 1 aliphatic rings. The number of nitrogens with zero attached hydrogens (tertiary/aromatic N) is 2. The average molecular weight is 254 g/mol. The molecule has 1 atom stereocenters. The summed E-state index contributed by atoms with van der Waals surface area (Å²) in [4.78, 5) is 14.3. The first-order chi connectivity index (χ1) is 8.15. The molecule has 2 rings (SSSR count). The van der Waals surface area contributed by atoms with Crippen LogP contribution in [0.15, 0.2) is 12.1 Å². The summed E-state index contributed by atoms with van der Waals surface area (Å²) in [5, 5.41) is 13.9. The van der Waals surface area contributed by atoms with E-state index < -0.39 is 4.92 Å². The number of anilines is 2. The van der Waals surface area contributed by atoms with E-state index in [0.29, 0.717) is 11.9 Å². The fraction of sp³-hybridized carbons (Fsp3) is 0.500. The Morgan fingerprint density at radius 1 is 1.59 bits per heavy atom. The monoisotopic (exact) mass is 254 g/mol. The molecule has 1 aliphatic heterocycles. The van der Waals surface area contributed by atoms with Crippen LogP contribution in [0.25, 0.3) is 0 Å². The van der Waals surface area contributed by atoms with Crippen LogP contribution in [0, 0.1) is 10.1 Å². The predicted molar refractivity (Wildman–Crippen MR) is 69.3 cm³/mol. The molecule has 0 spiro atoms. The summed E-state index contributed by atoms with van der Waals surface area (Å²) < 4.78 is 0. The number of hydrogen-bond donors (Lipinski definition) is 2. The smallest absolute Gasteiger partial charge is 0.276 e. The van der Waals surface area contributed by atoms with Gasteiger partial charge in [0.25, 0.3) is 5.69 Å². The number of nitrogen functional groups attached to an aromatic ring is 1. The van der Waals surface area contributed by atoms with Crippen molar-refractivity contribution in [1.82, 2.24) is 4.98 Å². The van der Waals surface area contributed by atoms with Gasteiger partial charge in [-0.3, -0.25) is 10.1 Å². The van der Waals surface area contributed by atoms with Gasteiger partial charge in [0.2, 0.25) is 0 Å². The molecule has 0 aromatic carbocycles. The highest BCUT2D eigenvalue weighted by Crippen LogP contribution is 2.23. The highest BCUT2D eigenvalue weighted by atomic mass is 32.2. The van der Waals surface area contributed by atoms with Gasteiger partial charge in [0.05, 0.1) is 17.1 Å². The van der Waals surface area contributed by atoms with Crippen LogP contribution in [0.3, 0.4) is 0 Å². The van der Waals surface area contributed by atoms with E-state index in [0.717, 1.165) is 18.6 Å². The molecule has 92 valence electrons. The molecule has 1 unspecified atom stereocenters. The second-order valence-electron chi connectivity index (χ2n) is 3.95. The largest absolute Gasteiger partial charge is 0.383 e. The number of nitrogens with two attached hydrogens (primary N) is 1. The van der Waals surface area contributed by atoms with Crippen molar-refractivity contribution in [2.75, 3.05) is 22.6 Å². The zero-order valence-electron chi connectivity index (χ0n) is 9.26. The Kier molecular flexibility index (Phi) is 3.68. The average Bonchev–Trinajstić information content (AvgIpc) is 2.29. The van der Waals surface area contributed by atoms with Crippen molar-refractivity contribution in [3.63, 3.8) is 0 Å².